The fraction of sp³-hybridized carbons (Fsp3) is 0.300. The van der Waals surface area contributed by atoms with E-state index in [-0.39, 0.29) is 5.56 Å². The number of carbonyl (C=O) groups is 2. The van der Waals surface area contributed by atoms with Crippen LogP contribution in [0.3, 0.4) is 0 Å². The lowest BCUT2D eigenvalue weighted by atomic mass is 9.90. The summed E-state index contributed by atoms with van der Waals surface area (Å²) in [5.74, 6) is -1.65. The molecule has 2 rings (SSSR count). The molecule has 1 N–H and O–H groups in total. The van der Waals surface area contributed by atoms with Gasteiger partial charge in [0.15, 0.2) is 5.78 Å². The Morgan fingerprint density at radius 2 is 1.56 bits per heavy atom. The zero-order valence-electron chi connectivity index (χ0n) is 14.7. The standard InChI is InChI=1S/C20H23NO4/c1-15(22)20(24,17-12-8-5-9-13-17)19(23)25-18(14-21(2)3)16-10-6-4-7-11-16/h4-13,18,24H,14H2,1-3H3. The van der Waals surface area contributed by atoms with Crippen LogP contribution in [0.4, 0.5) is 0 Å². The van der Waals surface area contributed by atoms with E-state index in [1.54, 1.807) is 18.2 Å². The Kier molecular flexibility index (Phi) is 6.07. The summed E-state index contributed by atoms with van der Waals surface area (Å²) < 4.78 is 5.58. The van der Waals surface area contributed by atoms with Crippen LogP contribution in [0.2, 0.25) is 0 Å². The van der Waals surface area contributed by atoms with Gasteiger partial charge >= 0.3 is 5.97 Å². The summed E-state index contributed by atoms with van der Waals surface area (Å²) in [7, 11) is 3.72. The van der Waals surface area contributed by atoms with E-state index in [0.717, 1.165) is 5.56 Å². The SMILES string of the molecule is CC(=O)C(O)(C(=O)OC(CN(C)C)c1ccccc1)c1ccccc1. The predicted molar refractivity (Wildman–Crippen MR) is 94.8 cm³/mol. The molecule has 5 heteroatoms. The second-order valence-electron chi connectivity index (χ2n) is 6.20. The first-order chi connectivity index (χ1) is 11.9. The van der Waals surface area contributed by atoms with Crippen LogP contribution >= 0.6 is 0 Å². The minimum Gasteiger partial charge on any atom is -0.453 e. The molecule has 132 valence electrons. The number of aliphatic hydroxyl groups is 1. The number of rotatable bonds is 7. The van der Waals surface area contributed by atoms with Gasteiger partial charge in [-0.2, -0.15) is 0 Å². The molecule has 0 amide bonds. The number of ketones is 1. The van der Waals surface area contributed by atoms with Gasteiger partial charge in [-0.1, -0.05) is 60.7 Å². The maximum atomic E-state index is 12.8. The summed E-state index contributed by atoms with van der Waals surface area (Å²) in [5, 5.41) is 10.8. The lowest BCUT2D eigenvalue weighted by molar-refractivity contribution is -0.176. The van der Waals surface area contributed by atoms with Gasteiger partial charge in [0.1, 0.15) is 6.10 Å². The second kappa shape index (κ2) is 8.05. The van der Waals surface area contributed by atoms with E-state index in [1.807, 2.05) is 49.3 Å². The fourth-order valence-electron chi connectivity index (χ4n) is 2.57. The van der Waals surface area contributed by atoms with Gasteiger partial charge in [0, 0.05) is 12.1 Å². The fourth-order valence-corrected chi connectivity index (χ4v) is 2.57. The Morgan fingerprint density at radius 3 is 2.04 bits per heavy atom. The van der Waals surface area contributed by atoms with Crippen molar-refractivity contribution in [3.63, 3.8) is 0 Å². The molecular weight excluding hydrogens is 318 g/mol. The van der Waals surface area contributed by atoms with Crippen LogP contribution in [-0.4, -0.2) is 42.4 Å². The molecule has 0 radical (unpaired) electrons. The summed E-state index contributed by atoms with van der Waals surface area (Å²) in [4.78, 5) is 26.7. The highest BCUT2D eigenvalue weighted by molar-refractivity contribution is 6.06. The Morgan fingerprint density at radius 1 is 1.04 bits per heavy atom. The topological polar surface area (TPSA) is 66.8 Å². The smallest absolute Gasteiger partial charge is 0.351 e. The normalized spacial score (nSPS) is 14.6. The average Bonchev–Trinajstić information content (AvgIpc) is 2.61. The van der Waals surface area contributed by atoms with Crippen LogP contribution in [0.5, 0.6) is 0 Å². The van der Waals surface area contributed by atoms with Gasteiger partial charge in [0.2, 0.25) is 5.60 Å². The summed E-state index contributed by atoms with van der Waals surface area (Å²) in [5.41, 5.74) is -1.33. The molecule has 2 atom stereocenters. The van der Waals surface area contributed by atoms with E-state index in [0.29, 0.717) is 6.54 Å². The van der Waals surface area contributed by atoms with Gasteiger partial charge in [-0.25, -0.2) is 4.79 Å². The number of nitrogens with zero attached hydrogens (tertiary/aromatic N) is 1. The lowest BCUT2D eigenvalue weighted by Gasteiger charge is -2.28. The van der Waals surface area contributed by atoms with Crippen molar-refractivity contribution in [2.75, 3.05) is 20.6 Å². The highest BCUT2D eigenvalue weighted by atomic mass is 16.6. The Bertz CT molecular complexity index is 715. The monoisotopic (exact) mass is 341 g/mol. The minimum absolute atomic E-state index is 0.198. The van der Waals surface area contributed by atoms with Crippen molar-refractivity contribution >= 4 is 11.8 Å². The molecule has 0 aliphatic carbocycles. The lowest BCUT2D eigenvalue weighted by Crippen LogP contribution is -2.44. The van der Waals surface area contributed by atoms with E-state index in [9.17, 15) is 14.7 Å². The molecule has 0 saturated heterocycles. The third kappa shape index (κ3) is 4.32. The summed E-state index contributed by atoms with van der Waals surface area (Å²) >= 11 is 0. The van der Waals surface area contributed by atoms with E-state index in [2.05, 4.69) is 0 Å². The van der Waals surface area contributed by atoms with Crippen molar-refractivity contribution in [1.29, 1.82) is 0 Å². The van der Waals surface area contributed by atoms with Gasteiger partial charge in [-0.05, 0) is 26.6 Å². The first kappa shape index (κ1) is 18.8. The maximum absolute atomic E-state index is 12.8. The number of esters is 1. The molecule has 0 aromatic heterocycles. The molecule has 0 saturated carbocycles. The summed E-state index contributed by atoms with van der Waals surface area (Å²) in [6.45, 7) is 1.61. The molecule has 0 fully saturated rings. The zero-order chi connectivity index (χ0) is 18.4. The van der Waals surface area contributed by atoms with E-state index in [1.165, 1.54) is 19.1 Å². The molecule has 0 spiro atoms. The molecule has 0 aliphatic rings. The van der Waals surface area contributed by atoms with E-state index >= 15 is 0 Å². The second-order valence-corrected chi connectivity index (χ2v) is 6.20. The number of benzene rings is 2. The van der Waals surface area contributed by atoms with Crippen LogP contribution in [0.25, 0.3) is 0 Å². The van der Waals surface area contributed by atoms with Crippen molar-refractivity contribution < 1.29 is 19.4 Å². The Labute approximate surface area is 147 Å². The number of hydrogen-bond acceptors (Lipinski definition) is 5. The van der Waals surface area contributed by atoms with Gasteiger partial charge in [0.05, 0.1) is 0 Å². The van der Waals surface area contributed by atoms with Gasteiger partial charge < -0.3 is 14.7 Å². The minimum atomic E-state index is -2.32. The van der Waals surface area contributed by atoms with Crippen LogP contribution in [0.1, 0.15) is 24.2 Å². The molecule has 0 bridgehead atoms. The van der Waals surface area contributed by atoms with E-state index < -0.39 is 23.5 Å². The molecule has 2 unspecified atom stereocenters. The quantitative estimate of drug-likeness (QED) is 0.618. The number of hydrogen-bond donors (Lipinski definition) is 1. The summed E-state index contributed by atoms with van der Waals surface area (Å²) in [6.07, 6.45) is -0.599. The molecule has 0 heterocycles. The van der Waals surface area contributed by atoms with Crippen molar-refractivity contribution in [3.8, 4) is 0 Å². The molecule has 2 aromatic rings. The number of likely N-dealkylation sites (N-methyl/N-ethyl adjacent to an activating group) is 1. The van der Waals surface area contributed by atoms with Crippen LogP contribution in [0, 0.1) is 0 Å². The predicted octanol–water partition coefficient (Wildman–Crippen LogP) is 2.31. The Hall–Kier alpha value is -2.50. The van der Waals surface area contributed by atoms with Gasteiger partial charge in [-0.15, -0.1) is 0 Å². The van der Waals surface area contributed by atoms with Gasteiger partial charge in [0.25, 0.3) is 0 Å². The van der Waals surface area contributed by atoms with Crippen molar-refractivity contribution in [2.24, 2.45) is 0 Å². The third-order valence-electron chi connectivity index (χ3n) is 3.95. The zero-order valence-corrected chi connectivity index (χ0v) is 14.7. The van der Waals surface area contributed by atoms with Crippen LogP contribution in [0.15, 0.2) is 60.7 Å². The number of ether oxygens (including phenoxy) is 1. The van der Waals surface area contributed by atoms with Crippen LogP contribution in [-0.2, 0) is 19.9 Å². The first-order valence-corrected chi connectivity index (χ1v) is 8.05. The first-order valence-electron chi connectivity index (χ1n) is 8.05. The van der Waals surface area contributed by atoms with E-state index in [4.69, 9.17) is 4.74 Å². The molecule has 25 heavy (non-hydrogen) atoms. The number of carbonyl (C=O) groups excluding carboxylic acids is 2. The maximum Gasteiger partial charge on any atom is 0.351 e. The highest BCUT2D eigenvalue weighted by Crippen LogP contribution is 2.28. The van der Waals surface area contributed by atoms with Crippen LogP contribution < -0.4 is 0 Å². The number of Topliss-reactive ketones (excluding diaryl/α,β-unsaturated/α-hetero) is 1. The Balaban J connectivity index is 2.33. The highest BCUT2D eigenvalue weighted by Gasteiger charge is 2.45. The third-order valence-corrected chi connectivity index (χ3v) is 3.95. The molecule has 5 nitrogen and oxygen atoms in total. The molecule has 2 aromatic carbocycles. The van der Waals surface area contributed by atoms with Crippen molar-refractivity contribution in [3.05, 3.63) is 71.8 Å². The molecular formula is C20H23NO4. The average molecular weight is 341 g/mol. The van der Waals surface area contributed by atoms with Crippen molar-refractivity contribution in [2.45, 2.75) is 18.6 Å². The van der Waals surface area contributed by atoms with Crippen molar-refractivity contribution in [1.82, 2.24) is 4.90 Å². The largest absolute Gasteiger partial charge is 0.453 e. The van der Waals surface area contributed by atoms with Gasteiger partial charge in [-0.3, -0.25) is 4.79 Å². The molecule has 0 aliphatic heterocycles. The summed E-state index contributed by atoms with van der Waals surface area (Å²) in [6, 6.07) is 17.4.